The van der Waals surface area contributed by atoms with E-state index in [1.54, 1.807) is 0 Å². The molecule has 0 saturated carbocycles. The van der Waals surface area contributed by atoms with Crippen molar-refractivity contribution in [1.29, 1.82) is 0 Å². The van der Waals surface area contributed by atoms with Crippen LogP contribution in [0.2, 0.25) is 0 Å². The first-order chi connectivity index (χ1) is 14.2. The Balaban J connectivity index is 3.15. The molecule has 0 radical (unpaired) electrons. The van der Waals surface area contributed by atoms with Gasteiger partial charge in [0.1, 0.15) is 0 Å². The zero-order valence-electron chi connectivity index (χ0n) is 20.2. The van der Waals surface area contributed by atoms with E-state index >= 15 is 0 Å². The summed E-state index contributed by atoms with van der Waals surface area (Å²) in [5, 5.41) is 0. The van der Waals surface area contributed by atoms with Gasteiger partial charge in [0.15, 0.2) is 0 Å². The fourth-order valence-electron chi connectivity index (χ4n) is 3.54. The number of carbonyl (C=O) groups is 1. The summed E-state index contributed by atoms with van der Waals surface area (Å²) in [7, 11) is 0. The molecule has 0 aliphatic carbocycles. The van der Waals surface area contributed by atoms with Gasteiger partial charge in [-0.2, -0.15) is 0 Å². The lowest BCUT2D eigenvalue weighted by molar-refractivity contribution is -0.148. The first-order valence-electron chi connectivity index (χ1n) is 13.0. The van der Waals surface area contributed by atoms with Gasteiger partial charge in [-0.25, -0.2) is 0 Å². The molecule has 0 spiro atoms. The first kappa shape index (κ1) is 28.2. The first-order valence-corrected chi connectivity index (χ1v) is 13.0. The van der Waals surface area contributed by atoms with E-state index in [4.69, 9.17) is 4.74 Å². The largest absolute Gasteiger partial charge is 0.465 e. The van der Waals surface area contributed by atoms with Gasteiger partial charge in [0.25, 0.3) is 0 Å². The minimum Gasteiger partial charge on any atom is -0.465 e. The quantitative estimate of drug-likeness (QED) is 0.101. The highest BCUT2D eigenvalue weighted by Crippen LogP contribution is 2.12. The minimum absolute atomic E-state index is 0.0270. The second kappa shape index (κ2) is 23.5. The van der Waals surface area contributed by atoms with Crippen molar-refractivity contribution in [3.8, 4) is 0 Å². The molecule has 0 bridgehead atoms. The highest BCUT2D eigenvalue weighted by atomic mass is 16.5. The van der Waals surface area contributed by atoms with Gasteiger partial charge in [-0.15, -0.1) is 0 Å². The predicted molar refractivity (Wildman–Crippen MR) is 128 cm³/mol. The third-order valence-corrected chi connectivity index (χ3v) is 5.92. The van der Waals surface area contributed by atoms with Gasteiger partial charge in [-0.3, -0.25) is 4.79 Å². The second-order valence-corrected chi connectivity index (χ2v) is 8.83. The number of allylic oxidation sites excluding steroid dienone is 2. The normalized spacial score (nSPS) is 12.5. The van der Waals surface area contributed by atoms with Crippen molar-refractivity contribution < 1.29 is 9.53 Å². The van der Waals surface area contributed by atoms with Crippen molar-refractivity contribution in [3.63, 3.8) is 0 Å². The van der Waals surface area contributed by atoms with E-state index in [1.165, 1.54) is 109 Å². The van der Waals surface area contributed by atoms with E-state index in [0.29, 0.717) is 6.61 Å². The summed E-state index contributed by atoms with van der Waals surface area (Å²) in [5.41, 5.74) is 0. The van der Waals surface area contributed by atoms with E-state index in [2.05, 4.69) is 19.1 Å². The zero-order valence-corrected chi connectivity index (χ0v) is 20.2. The second-order valence-electron chi connectivity index (χ2n) is 8.83. The topological polar surface area (TPSA) is 26.3 Å². The number of carbonyl (C=O) groups excluding carboxylic acids is 1. The van der Waals surface area contributed by atoms with Gasteiger partial charge in [-0.05, 0) is 38.5 Å². The molecule has 0 amide bonds. The molecule has 2 heteroatoms. The van der Waals surface area contributed by atoms with Gasteiger partial charge in [-0.1, -0.05) is 116 Å². The lowest BCUT2D eigenvalue weighted by atomic mass is 10.1. The number of hydrogen-bond donors (Lipinski definition) is 0. The lowest BCUT2D eigenvalue weighted by Crippen LogP contribution is -2.14. The van der Waals surface area contributed by atoms with Gasteiger partial charge in [0.2, 0.25) is 0 Å². The molecular formula is C27H52O2. The summed E-state index contributed by atoms with van der Waals surface area (Å²) < 4.78 is 5.29. The number of ether oxygens (including phenoxy) is 1. The number of esters is 1. The Morgan fingerprint density at radius 1 is 0.655 bits per heavy atom. The predicted octanol–water partition coefficient (Wildman–Crippen LogP) is 9.17. The van der Waals surface area contributed by atoms with Crippen LogP contribution in [0.25, 0.3) is 0 Å². The fourth-order valence-corrected chi connectivity index (χ4v) is 3.54. The maximum Gasteiger partial charge on any atom is 0.308 e. The summed E-state index contributed by atoms with van der Waals surface area (Å²) >= 11 is 0. The molecule has 0 aromatic carbocycles. The summed E-state index contributed by atoms with van der Waals surface area (Å²) in [5.74, 6) is 0.0249. The van der Waals surface area contributed by atoms with E-state index < -0.39 is 0 Å². The van der Waals surface area contributed by atoms with Crippen LogP contribution >= 0.6 is 0 Å². The maximum atomic E-state index is 11.5. The fraction of sp³-hybridized carbons (Fsp3) is 0.889. The van der Waals surface area contributed by atoms with Crippen LogP contribution in [0.4, 0.5) is 0 Å². The van der Waals surface area contributed by atoms with Gasteiger partial charge in [0, 0.05) is 0 Å². The molecule has 0 heterocycles. The van der Waals surface area contributed by atoms with Crippen LogP contribution in [0.5, 0.6) is 0 Å². The van der Waals surface area contributed by atoms with Crippen LogP contribution < -0.4 is 0 Å². The molecule has 0 saturated heterocycles. The molecule has 0 aromatic heterocycles. The van der Waals surface area contributed by atoms with Crippen LogP contribution in [-0.4, -0.2) is 12.6 Å². The molecule has 0 fully saturated rings. The third kappa shape index (κ3) is 21.7. The van der Waals surface area contributed by atoms with Crippen LogP contribution in [0, 0.1) is 5.92 Å². The molecule has 1 atom stereocenters. The zero-order chi connectivity index (χ0) is 21.4. The van der Waals surface area contributed by atoms with Crippen molar-refractivity contribution in [1.82, 2.24) is 0 Å². The lowest BCUT2D eigenvalue weighted by Gasteiger charge is -2.08. The number of rotatable bonds is 22. The Morgan fingerprint density at radius 3 is 1.52 bits per heavy atom. The van der Waals surface area contributed by atoms with Crippen LogP contribution in [0.1, 0.15) is 143 Å². The van der Waals surface area contributed by atoms with Crippen molar-refractivity contribution >= 4 is 5.97 Å². The molecule has 0 rings (SSSR count). The molecule has 0 aliphatic rings. The van der Waals surface area contributed by atoms with Crippen molar-refractivity contribution in [3.05, 3.63) is 12.2 Å². The molecule has 172 valence electrons. The summed E-state index contributed by atoms with van der Waals surface area (Å²) in [6.07, 6.45) is 29.8. The highest BCUT2D eigenvalue weighted by Gasteiger charge is 2.10. The smallest absolute Gasteiger partial charge is 0.308 e. The number of unbranched alkanes of at least 4 members (excludes halogenated alkanes) is 16. The summed E-state index contributed by atoms with van der Waals surface area (Å²) in [6.45, 7) is 6.86. The van der Waals surface area contributed by atoms with Crippen molar-refractivity contribution in [2.75, 3.05) is 6.61 Å². The highest BCUT2D eigenvalue weighted by molar-refractivity contribution is 5.71. The van der Waals surface area contributed by atoms with E-state index in [1.807, 2.05) is 13.8 Å². The monoisotopic (exact) mass is 408 g/mol. The summed E-state index contributed by atoms with van der Waals surface area (Å²) in [4.78, 5) is 11.5. The Kier molecular flexibility index (Phi) is 22.8. The van der Waals surface area contributed by atoms with Crippen molar-refractivity contribution in [2.24, 2.45) is 5.92 Å². The Bertz CT molecular complexity index is 362. The molecule has 1 unspecified atom stereocenters. The standard InChI is InChI=1S/C27H52O2/c1-4-6-7-8-9-10-11-12-13-14-15-16-17-18-19-20-21-22-23-24-25-29-27(28)26(3)5-2/h12-13,26H,4-11,14-25H2,1-3H3/b13-12+. The molecule has 0 N–H and O–H groups in total. The van der Waals surface area contributed by atoms with E-state index in [-0.39, 0.29) is 11.9 Å². The van der Waals surface area contributed by atoms with Crippen LogP contribution in [0.15, 0.2) is 12.2 Å². The van der Waals surface area contributed by atoms with Gasteiger partial charge < -0.3 is 4.74 Å². The SMILES string of the molecule is CCCCCCCC/C=C/CCCCCCCCCCCCOC(=O)C(C)CC. The minimum atomic E-state index is -0.0270. The average Bonchev–Trinajstić information content (AvgIpc) is 2.74. The molecule has 0 aromatic rings. The molecule has 2 nitrogen and oxygen atoms in total. The van der Waals surface area contributed by atoms with Crippen molar-refractivity contribution in [2.45, 2.75) is 143 Å². The van der Waals surface area contributed by atoms with Gasteiger partial charge in [0.05, 0.1) is 12.5 Å². The Morgan fingerprint density at radius 2 is 1.07 bits per heavy atom. The Hall–Kier alpha value is -0.790. The molecular weight excluding hydrogens is 356 g/mol. The average molecular weight is 409 g/mol. The van der Waals surface area contributed by atoms with E-state index in [9.17, 15) is 4.79 Å². The third-order valence-electron chi connectivity index (χ3n) is 5.92. The molecule has 29 heavy (non-hydrogen) atoms. The Labute approximate surface area is 183 Å². The maximum absolute atomic E-state index is 11.5. The summed E-state index contributed by atoms with van der Waals surface area (Å²) in [6, 6.07) is 0. The van der Waals surface area contributed by atoms with E-state index in [0.717, 1.165) is 12.8 Å². The van der Waals surface area contributed by atoms with Crippen LogP contribution in [-0.2, 0) is 9.53 Å². The van der Waals surface area contributed by atoms with Gasteiger partial charge >= 0.3 is 5.97 Å². The number of hydrogen-bond acceptors (Lipinski definition) is 2. The molecule has 0 aliphatic heterocycles. The van der Waals surface area contributed by atoms with Crippen LogP contribution in [0.3, 0.4) is 0 Å².